The lowest BCUT2D eigenvalue weighted by Crippen LogP contribution is -2.64. The van der Waals surface area contributed by atoms with Gasteiger partial charge in [-0.25, -0.2) is 0 Å². The quantitative estimate of drug-likeness (QED) is 0.0158. The Labute approximate surface area is 597 Å². The van der Waals surface area contributed by atoms with Gasteiger partial charge in [0.25, 0.3) is 7.82 Å². The molecule has 100 heavy (non-hydrogen) atoms. The summed E-state index contributed by atoms with van der Waals surface area (Å²) in [5.41, 5.74) is -1.10. The maximum absolute atomic E-state index is 13.0. The van der Waals surface area contributed by atoms with Crippen LogP contribution in [0.4, 0.5) is 0 Å². The van der Waals surface area contributed by atoms with E-state index in [1.54, 1.807) is 0 Å². The van der Waals surface area contributed by atoms with E-state index in [4.69, 9.17) is 115 Å². The first-order valence-corrected chi connectivity index (χ1v) is 41.6. The van der Waals surface area contributed by atoms with Crippen LogP contribution in [0, 0.1) is 5.41 Å². The highest BCUT2D eigenvalue weighted by atomic mass is 32.7. The highest BCUT2D eigenvalue weighted by molar-refractivity contribution is 8.32. The highest BCUT2D eigenvalue weighted by Crippen LogP contribution is 2.46. The lowest BCUT2D eigenvalue weighted by atomic mass is 9.92. The molecule has 0 aromatic carbocycles. The number of hydrogen-bond donors (Lipinski definition) is 12. The van der Waals surface area contributed by atoms with Crippen molar-refractivity contribution >= 4 is 81.6 Å². The second-order valence-corrected chi connectivity index (χ2v) is 33.1. The van der Waals surface area contributed by atoms with Crippen LogP contribution in [0.3, 0.4) is 0 Å². The second-order valence-electron chi connectivity index (χ2n) is 23.3. The summed E-state index contributed by atoms with van der Waals surface area (Å²) < 4.78 is 124. The van der Waals surface area contributed by atoms with Gasteiger partial charge < -0.3 is 172 Å². The molecule has 3 heterocycles. The Morgan fingerprint density at radius 2 is 0.670 bits per heavy atom. The van der Waals surface area contributed by atoms with Crippen molar-refractivity contribution in [2.75, 3.05) is 146 Å². The van der Waals surface area contributed by atoms with Crippen molar-refractivity contribution in [1.82, 2.24) is 16.0 Å². The number of carbonyl (C=O) groups excluding carboxylic acids is 3. The van der Waals surface area contributed by atoms with Gasteiger partial charge in [0.15, 0.2) is 25.7 Å². The molecule has 0 saturated carbocycles. The lowest BCUT2D eigenvalue weighted by Gasteiger charge is -2.42. The largest absolute Gasteiger partial charge is 0.780 e. The molecule has 38 nitrogen and oxygen atoms in total. The standard InChI is InChI=1S/C55H107N3O35P4S3/c1-37(62)56-43-49(68)46(65)40(30-59)91-52(43)81-20-6-10-24-85-95(73,98)88-27-13-17-78-34-55(33-77-16-5-9-23-84-94(71,72)76-4,35-79-18-14-28-89-96(74,99)86-25-11-7-21-82-53-44(57-38(2)63)50(69)47(66)41(31-60)92-53)36-80-19-15-29-90-97(75,100)87-26-12-8-22-83-54-45(58-39(3)64)51(70)48(67)42(32-61)93-54/h40-54,59-61,65-70H,5-36H2,1-4H3,(H,56,62)(H,57,63)(H,58,64)(H,71,72)(H,73,98)(H,74,99)(H,75,100)/p-4/t40?,41?,42?,43?,44?,45?,46-,47-,48-,49+,50+,51+,52+,53+,54+,55?,95?,96?,97?/m0/s1. The van der Waals surface area contributed by atoms with Crippen molar-refractivity contribution in [3.05, 3.63) is 0 Å². The van der Waals surface area contributed by atoms with Crippen LogP contribution in [0.2, 0.25) is 0 Å². The third-order valence-electron chi connectivity index (χ3n) is 14.8. The number of aliphatic hydroxyl groups is 9. The van der Waals surface area contributed by atoms with Gasteiger partial charge in [-0.3, -0.25) is 23.5 Å². The van der Waals surface area contributed by atoms with Crippen molar-refractivity contribution < 1.29 is 168 Å². The number of nitrogens with one attached hydrogen (secondary N) is 3. The molecule has 3 aliphatic rings. The van der Waals surface area contributed by atoms with Gasteiger partial charge >= 0.3 is 0 Å². The second kappa shape index (κ2) is 50.1. The average molecular weight is 1590 g/mol. The number of amides is 3. The number of ether oxygens (including phenoxy) is 10. The molecule has 3 amide bonds. The van der Waals surface area contributed by atoms with Crippen molar-refractivity contribution in [2.24, 2.45) is 5.41 Å². The normalized spacial score (nSPS) is 28.8. The van der Waals surface area contributed by atoms with Crippen LogP contribution in [-0.4, -0.2) is 301 Å². The van der Waals surface area contributed by atoms with Crippen molar-refractivity contribution in [3.8, 4) is 0 Å². The number of rotatable bonds is 57. The van der Waals surface area contributed by atoms with Crippen LogP contribution in [-0.2, 0) is 143 Å². The first kappa shape index (κ1) is 93.5. The molecular formula is C55H103N3O35P4S3-4. The number of unbranched alkanes of at least 4 members (excludes halogenated alkanes) is 4. The number of phosphoric acid groups is 1. The SMILES string of the molecule is COP(=O)([O-])OCCCCOCC(COCCCOP(=O)([S-])OCCCCO[C@@H]1OC(CO)[C@H](O)[C@H](O)C1NC(C)=O)(COCCCOP([O-])(=S)OCCCCO[C@@H]1OC(CO)[C@H](O)[C@H](O)C1NC(C)=O)COCCCOP([O-])(=S)OCCCCO[C@@H]1OC(CO)[C@H](O)[C@H](O)C1NC(C)=O. The predicted octanol–water partition coefficient (Wildman–Crippen LogP) is -3.73. The monoisotopic (exact) mass is 1590 g/mol. The molecule has 0 aromatic rings. The van der Waals surface area contributed by atoms with E-state index in [0.29, 0.717) is 25.7 Å². The predicted molar refractivity (Wildman–Crippen MR) is 350 cm³/mol. The molecule has 0 bridgehead atoms. The molecule has 0 spiro atoms. The van der Waals surface area contributed by atoms with Crippen LogP contribution in [0.25, 0.3) is 0 Å². The topological polar surface area (TPSA) is 539 Å². The third-order valence-corrected chi connectivity index (χ3v) is 20.6. The van der Waals surface area contributed by atoms with Crippen LogP contribution >= 0.6 is 28.1 Å². The minimum absolute atomic E-state index is 0.0108. The van der Waals surface area contributed by atoms with E-state index in [2.05, 4.69) is 20.5 Å². The Morgan fingerprint density at radius 1 is 0.420 bits per heavy atom. The summed E-state index contributed by atoms with van der Waals surface area (Å²) >= 11 is 15.3. The lowest BCUT2D eigenvalue weighted by molar-refractivity contribution is -0.270. The van der Waals surface area contributed by atoms with E-state index in [9.17, 15) is 84.2 Å². The summed E-state index contributed by atoms with van der Waals surface area (Å²) in [5.74, 6) is -1.56. The molecule has 19 atom stereocenters. The molecule has 0 aliphatic carbocycles. The Balaban J connectivity index is 1.58. The number of aliphatic hydroxyl groups excluding tert-OH is 9. The molecule has 12 N–H and O–H groups in total. The Hall–Kier alpha value is -0.680. The third kappa shape index (κ3) is 37.4. The summed E-state index contributed by atoms with van der Waals surface area (Å²) in [6, 6.07) is -3.40. The molecule has 3 fully saturated rings. The number of hydrogen-bond acceptors (Lipinski definition) is 38. The zero-order valence-electron chi connectivity index (χ0n) is 56.4. The smallest absolute Gasteiger partial charge is 0.267 e. The molecule has 10 unspecified atom stereocenters. The van der Waals surface area contributed by atoms with E-state index in [-0.39, 0.29) is 164 Å². The molecule has 590 valence electrons. The van der Waals surface area contributed by atoms with Crippen LogP contribution in [0.5, 0.6) is 0 Å². The van der Waals surface area contributed by atoms with Gasteiger partial charge in [0, 0.05) is 74.1 Å². The molecule has 3 aliphatic heterocycles. The average Bonchev–Trinajstić information content (AvgIpc) is 0.822. The molecule has 0 aromatic heterocycles. The molecule has 3 saturated heterocycles. The van der Waals surface area contributed by atoms with Gasteiger partial charge in [0.1, 0.15) is 86.5 Å². The fourth-order valence-corrected chi connectivity index (χ4v) is 13.8. The van der Waals surface area contributed by atoms with Gasteiger partial charge in [0.05, 0.1) is 97.9 Å². The van der Waals surface area contributed by atoms with E-state index in [1.165, 1.54) is 20.8 Å². The summed E-state index contributed by atoms with van der Waals surface area (Å²) in [6.45, 7) is -11.4. The van der Waals surface area contributed by atoms with E-state index in [1.807, 2.05) is 0 Å². The van der Waals surface area contributed by atoms with Crippen molar-refractivity contribution in [1.29, 1.82) is 0 Å². The maximum Gasteiger partial charge on any atom is 0.267 e. The first-order chi connectivity index (χ1) is 47.3. The van der Waals surface area contributed by atoms with Crippen molar-refractivity contribution in [3.63, 3.8) is 0 Å². The molecule has 3 rings (SSSR count). The Morgan fingerprint density at radius 3 is 0.960 bits per heavy atom. The summed E-state index contributed by atoms with van der Waals surface area (Å²) in [5, 5.41) is 98.4. The van der Waals surface area contributed by atoms with Crippen molar-refractivity contribution in [2.45, 2.75) is 183 Å². The Bertz CT molecular complexity index is 2260. The summed E-state index contributed by atoms with van der Waals surface area (Å²) in [7, 11) is -3.50. The van der Waals surface area contributed by atoms with Gasteiger partial charge in [-0.1, -0.05) is 23.6 Å². The Kier molecular flexibility index (Phi) is 46.9. The van der Waals surface area contributed by atoms with Crippen LogP contribution in [0.1, 0.15) is 91.4 Å². The van der Waals surface area contributed by atoms with Crippen LogP contribution < -0.4 is 30.6 Å². The maximum atomic E-state index is 13.0. The first-order valence-electron chi connectivity index (χ1n) is 32.5. The van der Waals surface area contributed by atoms with Gasteiger partial charge in [-0.2, -0.15) is 0 Å². The van der Waals surface area contributed by atoms with E-state index >= 15 is 0 Å². The minimum Gasteiger partial charge on any atom is -0.780 e. The molecule has 45 heteroatoms. The fraction of sp³-hybridized carbons (Fsp3) is 0.945. The molecule has 0 radical (unpaired) electrons. The number of carbonyl (C=O) groups is 3. The van der Waals surface area contributed by atoms with Gasteiger partial charge in [-0.15, -0.1) is 0 Å². The summed E-state index contributed by atoms with van der Waals surface area (Å²) in [6.07, 6.45) is -13.2. The van der Waals surface area contributed by atoms with Gasteiger partial charge in [-0.05, 0) is 70.6 Å². The van der Waals surface area contributed by atoms with Gasteiger partial charge in [0.2, 0.25) is 17.7 Å². The van der Waals surface area contributed by atoms with Crippen LogP contribution in [0.15, 0.2) is 0 Å². The highest BCUT2D eigenvalue weighted by Gasteiger charge is 2.48. The summed E-state index contributed by atoms with van der Waals surface area (Å²) in [4.78, 5) is 73.0. The fourth-order valence-electron chi connectivity index (χ4n) is 9.64. The number of phosphoric ester groups is 1. The zero-order valence-corrected chi connectivity index (χ0v) is 62.5. The zero-order chi connectivity index (χ0) is 74.4. The molecular weight excluding hydrogens is 1480 g/mol. The van der Waals surface area contributed by atoms with E-state index < -0.39 is 163 Å². The van der Waals surface area contributed by atoms with E-state index in [0.717, 1.165) is 7.11 Å². The minimum atomic E-state index is -4.47.